The van der Waals surface area contributed by atoms with Gasteiger partial charge in [0.15, 0.2) is 0 Å². The SMILES string of the molecule is COC(=O)c1cc([N+](=O)[O-])ccc1SC(=O)CO. The average molecular weight is 271 g/mol. The Hall–Kier alpha value is -1.93. The maximum atomic E-state index is 11.4. The molecule has 0 saturated carbocycles. The molecule has 0 radical (unpaired) electrons. The molecule has 8 heteroatoms. The first-order valence-corrected chi connectivity index (χ1v) is 5.49. The zero-order chi connectivity index (χ0) is 13.7. The third kappa shape index (κ3) is 3.28. The van der Waals surface area contributed by atoms with Crippen molar-refractivity contribution in [3.8, 4) is 0 Å². The van der Waals surface area contributed by atoms with Crippen molar-refractivity contribution in [2.75, 3.05) is 13.7 Å². The summed E-state index contributed by atoms with van der Waals surface area (Å²) in [5, 5.41) is 18.6. The van der Waals surface area contributed by atoms with E-state index in [1.165, 1.54) is 12.1 Å². The van der Waals surface area contributed by atoms with Gasteiger partial charge in [0.1, 0.15) is 6.61 Å². The number of non-ortho nitro benzene ring substituents is 1. The Bertz CT molecular complexity index is 501. The Balaban J connectivity index is 3.20. The van der Waals surface area contributed by atoms with Crippen LogP contribution in [0.15, 0.2) is 23.1 Å². The highest BCUT2D eigenvalue weighted by Gasteiger charge is 2.19. The van der Waals surface area contributed by atoms with Crippen molar-refractivity contribution in [3.05, 3.63) is 33.9 Å². The first kappa shape index (κ1) is 14.1. The molecule has 0 spiro atoms. The van der Waals surface area contributed by atoms with E-state index in [-0.39, 0.29) is 16.1 Å². The summed E-state index contributed by atoms with van der Waals surface area (Å²) < 4.78 is 4.48. The van der Waals surface area contributed by atoms with Gasteiger partial charge in [-0.2, -0.15) is 0 Å². The third-order valence-corrected chi connectivity index (χ3v) is 2.86. The number of ether oxygens (including phenoxy) is 1. The number of aliphatic hydroxyl groups is 1. The van der Waals surface area contributed by atoms with Crippen LogP contribution in [-0.2, 0) is 9.53 Å². The Kier molecular flexibility index (Phi) is 4.81. The highest BCUT2D eigenvalue weighted by atomic mass is 32.2. The molecule has 18 heavy (non-hydrogen) atoms. The number of methoxy groups -OCH3 is 1. The van der Waals surface area contributed by atoms with Crippen LogP contribution in [-0.4, -0.2) is 34.8 Å². The number of nitro benzene ring substituents is 1. The van der Waals surface area contributed by atoms with Crippen LogP contribution >= 0.6 is 11.8 Å². The van der Waals surface area contributed by atoms with Crippen LogP contribution in [0.4, 0.5) is 5.69 Å². The molecule has 0 saturated heterocycles. The largest absolute Gasteiger partial charge is 0.465 e. The predicted octanol–water partition coefficient (Wildman–Crippen LogP) is 0.992. The molecule has 96 valence electrons. The molecule has 0 aliphatic heterocycles. The zero-order valence-electron chi connectivity index (χ0n) is 9.28. The van der Waals surface area contributed by atoms with Gasteiger partial charge in [-0.3, -0.25) is 14.9 Å². The first-order chi connectivity index (χ1) is 8.49. The van der Waals surface area contributed by atoms with Gasteiger partial charge in [0, 0.05) is 17.0 Å². The van der Waals surface area contributed by atoms with E-state index in [9.17, 15) is 19.7 Å². The maximum Gasteiger partial charge on any atom is 0.339 e. The van der Waals surface area contributed by atoms with Gasteiger partial charge in [0.05, 0.1) is 17.6 Å². The Labute approximate surface area is 106 Å². The molecule has 0 fully saturated rings. The Morgan fingerprint density at radius 1 is 1.50 bits per heavy atom. The van der Waals surface area contributed by atoms with Crippen molar-refractivity contribution in [2.24, 2.45) is 0 Å². The van der Waals surface area contributed by atoms with E-state index in [1.807, 2.05) is 0 Å². The van der Waals surface area contributed by atoms with Crippen molar-refractivity contribution >= 4 is 28.5 Å². The topological polar surface area (TPSA) is 107 Å². The lowest BCUT2D eigenvalue weighted by atomic mass is 10.2. The molecular weight excluding hydrogens is 262 g/mol. The minimum absolute atomic E-state index is 0.0847. The van der Waals surface area contributed by atoms with Gasteiger partial charge in [-0.15, -0.1) is 0 Å². The second-order valence-electron chi connectivity index (χ2n) is 3.06. The van der Waals surface area contributed by atoms with Crippen LogP contribution in [0.25, 0.3) is 0 Å². The van der Waals surface area contributed by atoms with Gasteiger partial charge in [-0.1, -0.05) is 0 Å². The van der Waals surface area contributed by atoms with E-state index in [1.54, 1.807) is 0 Å². The molecule has 7 nitrogen and oxygen atoms in total. The van der Waals surface area contributed by atoms with Gasteiger partial charge in [0.2, 0.25) is 5.12 Å². The van der Waals surface area contributed by atoms with Crippen LogP contribution in [0.1, 0.15) is 10.4 Å². The number of hydrogen-bond acceptors (Lipinski definition) is 7. The monoisotopic (exact) mass is 271 g/mol. The van der Waals surface area contributed by atoms with Crippen molar-refractivity contribution in [3.63, 3.8) is 0 Å². The molecule has 0 amide bonds. The normalized spacial score (nSPS) is 9.89. The second kappa shape index (κ2) is 6.12. The predicted molar refractivity (Wildman–Crippen MR) is 62.4 cm³/mol. The molecule has 1 N–H and O–H groups in total. The van der Waals surface area contributed by atoms with Crippen molar-refractivity contribution in [1.82, 2.24) is 0 Å². The van der Waals surface area contributed by atoms with Crippen LogP contribution in [0.5, 0.6) is 0 Å². The summed E-state index contributed by atoms with van der Waals surface area (Å²) in [5.74, 6) is -0.785. The molecule has 1 rings (SSSR count). The molecule has 0 bridgehead atoms. The summed E-state index contributed by atoms with van der Waals surface area (Å²) in [5.41, 5.74) is -0.366. The van der Waals surface area contributed by atoms with E-state index >= 15 is 0 Å². The zero-order valence-corrected chi connectivity index (χ0v) is 10.1. The highest BCUT2D eigenvalue weighted by Crippen LogP contribution is 2.27. The van der Waals surface area contributed by atoms with Crippen LogP contribution in [0.3, 0.4) is 0 Å². The number of esters is 1. The Morgan fingerprint density at radius 2 is 2.17 bits per heavy atom. The molecule has 0 heterocycles. The lowest BCUT2D eigenvalue weighted by molar-refractivity contribution is -0.384. The number of nitro groups is 1. The van der Waals surface area contributed by atoms with Gasteiger partial charge in [-0.05, 0) is 17.8 Å². The Morgan fingerprint density at radius 3 is 2.67 bits per heavy atom. The molecular formula is C10H9NO6S. The fraction of sp³-hybridized carbons (Fsp3) is 0.200. The van der Waals surface area contributed by atoms with Gasteiger partial charge < -0.3 is 9.84 Å². The molecule has 0 aliphatic rings. The third-order valence-electron chi connectivity index (χ3n) is 1.93. The highest BCUT2D eigenvalue weighted by molar-refractivity contribution is 8.13. The van der Waals surface area contributed by atoms with E-state index in [0.29, 0.717) is 11.8 Å². The van der Waals surface area contributed by atoms with Crippen molar-refractivity contribution in [2.45, 2.75) is 4.90 Å². The van der Waals surface area contributed by atoms with Crippen LogP contribution < -0.4 is 0 Å². The van der Waals surface area contributed by atoms with Gasteiger partial charge in [0.25, 0.3) is 5.69 Å². The quantitative estimate of drug-likeness (QED) is 0.376. The number of carbonyl (C=O) groups is 2. The number of hydrogen-bond donors (Lipinski definition) is 1. The maximum absolute atomic E-state index is 11.4. The smallest absolute Gasteiger partial charge is 0.339 e. The molecule has 0 aliphatic carbocycles. The molecule has 1 aromatic rings. The van der Waals surface area contributed by atoms with Crippen molar-refractivity contribution in [1.29, 1.82) is 0 Å². The minimum Gasteiger partial charge on any atom is -0.465 e. The summed E-state index contributed by atoms with van der Waals surface area (Å²) in [6.07, 6.45) is 0. The number of thioether (sulfide) groups is 1. The molecule has 0 aromatic heterocycles. The summed E-state index contributed by atoms with van der Waals surface area (Å²) in [7, 11) is 1.13. The standard InChI is InChI=1S/C10H9NO6S/c1-17-10(14)7-4-6(11(15)16)2-3-8(7)18-9(13)5-12/h2-4,12H,5H2,1H3. The van der Waals surface area contributed by atoms with Crippen LogP contribution in [0, 0.1) is 10.1 Å². The fourth-order valence-corrected chi connectivity index (χ4v) is 1.84. The second-order valence-corrected chi connectivity index (χ2v) is 4.16. The van der Waals surface area contributed by atoms with Gasteiger partial charge in [-0.25, -0.2) is 4.79 Å². The molecule has 0 unspecified atom stereocenters. The van der Waals surface area contributed by atoms with E-state index < -0.39 is 22.6 Å². The number of rotatable bonds is 4. The number of benzene rings is 1. The summed E-state index contributed by atoms with van der Waals surface area (Å²) in [6, 6.07) is 3.46. The molecule has 1 aromatic carbocycles. The van der Waals surface area contributed by atoms with Crippen LogP contribution in [0.2, 0.25) is 0 Å². The van der Waals surface area contributed by atoms with E-state index in [0.717, 1.165) is 13.2 Å². The minimum atomic E-state index is -0.785. The van der Waals surface area contributed by atoms with Gasteiger partial charge >= 0.3 is 5.97 Å². The number of nitrogens with zero attached hydrogens (tertiary/aromatic N) is 1. The average Bonchev–Trinajstić information content (AvgIpc) is 2.37. The summed E-state index contributed by atoms with van der Waals surface area (Å²) in [4.78, 5) is 32.7. The van der Waals surface area contributed by atoms with Crippen molar-refractivity contribution < 1.29 is 24.4 Å². The lowest BCUT2D eigenvalue weighted by Crippen LogP contribution is -2.06. The summed E-state index contributed by atoms with van der Waals surface area (Å²) >= 11 is 0.622. The lowest BCUT2D eigenvalue weighted by Gasteiger charge is -2.05. The van der Waals surface area contributed by atoms with E-state index in [4.69, 9.17) is 5.11 Å². The number of aliphatic hydroxyl groups excluding tert-OH is 1. The number of carbonyl (C=O) groups excluding carboxylic acids is 2. The first-order valence-electron chi connectivity index (χ1n) is 4.68. The fourth-order valence-electron chi connectivity index (χ4n) is 1.14. The molecule has 0 atom stereocenters. The summed E-state index contributed by atoms with van der Waals surface area (Å²) in [6.45, 7) is -0.692. The van der Waals surface area contributed by atoms with E-state index in [2.05, 4.69) is 4.74 Å².